The summed E-state index contributed by atoms with van der Waals surface area (Å²) in [6, 6.07) is 10.8. The van der Waals surface area contributed by atoms with Crippen molar-refractivity contribution in [2.45, 2.75) is 5.60 Å². The molecule has 1 aromatic heterocycles. The molecule has 1 aliphatic heterocycles. The number of methoxy groups -OCH3 is 1. The van der Waals surface area contributed by atoms with Gasteiger partial charge in [0.2, 0.25) is 0 Å². The molecule has 23 heavy (non-hydrogen) atoms. The second kappa shape index (κ2) is 4.84. The van der Waals surface area contributed by atoms with E-state index >= 15 is 0 Å². The van der Waals surface area contributed by atoms with Gasteiger partial charge < -0.3 is 20.1 Å². The third-order valence-corrected chi connectivity index (χ3v) is 4.72. The molecule has 5 nitrogen and oxygen atoms in total. The Bertz CT molecular complexity index is 950. The van der Waals surface area contributed by atoms with Crippen molar-refractivity contribution in [2.24, 2.45) is 0 Å². The summed E-state index contributed by atoms with van der Waals surface area (Å²) in [5.41, 5.74) is 0.716. The van der Waals surface area contributed by atoms with Gasteiger partial charge in [-0.15, -0.1) is 0 Å². The molecular weight excluding hydrogens is 360 g/mol. The number of hydrogen-bond donors (Lipinski definition) is 3. The van der Waals surface area contributed by atoms with Crippen molar-refractivity contribution in [3.8, 4) is 5.75 Å². The number of carbonyl (C=O) groups is 1. The number of aromatic nitrogens is 1. The topological polar surface area (TPSA) is 74.3 Å². The van der Waals surface area contributed by atoms with E-state index in [-0.39, 0.29) is 0 Å². The molecule has 0 bridgehead atoms. The molecule has 0 spiro atoms. The van der Waals surface area contributed by atoms with Crippen LogP contribution in [0.25, 0.3) is 10.9 Å². The summed E-state index contributed by atoms with van der Waals surface area (Å²) < 4.78 is 6.05. The molecule has 0 saturated heterocycles. The van der Waals surface area contributed by atoms with Crippen molar-refractivity contribution >= 4 is 38.4 Å². The van der Waals surface area contributed by atoms with Crippen LogP contribution < -0.4 is 10.1 Å². The first-order chi connectivity index (χ1) is 11.0. The Morgan fingerprint density at radius 2 is 2.00 bits per heavy atom. The second-order valence-corrected chi connectivity index (χ2v) is 6.38. The highest BCUT2D eigenvalue weighted by Gasteiger charge is 2.48. The van der Waals surface area contributed by atoms with Crippen LogP contribution in [0.4, 0.5) is 5.69 Å². The zero-order valence-electron chi connectivity index (χ0n) is 12.2. The number of amides is 1. The van der Waals surface area contributed by atoms with E-state index in [2.05, 4.69) is 26.2 Å². The first-order valence-electron chi connectivity index (χ1n) is 7.03. The first kappa shape index (κ1) is 14.3. The fourth-order valence-corrected chi connectivity index (χ4v) is 3.41. The number of carbonyl (C=O) groups excluding carboxylic acids is 1. The molecule has 116 valence electrons. The standard InChI is InChI=1S/C17H13BrN2O3/c1-23-10-3-5-14-11(7-10)13(8-19-14)17(22)12-6-9(18)2-4-15(12)20-16(17)21/h2-8,19,22H,1H3,(H,20,21). The van der Waals surface area contributed by atoms with Gasteiger partial charge in [-0.2, -0.15) is 0 Å². The van der Waals surface area contributed by atoms with Crippen molar-refractivity contribution in [3.63, 3.8) is 0 Å². The van der Waals surface area contributed by atoms with Gasteiger partial charge in [-0.25, -0.2) is 0 Å². The number of rotatable bonds is 2. The number of H-pyrrole nitrogens is 1. The van der Waals surface area contributed by atoms with Crippen LogP contribution in [0, 0.1) is 0 Å². The minimum absolute atomic E-state index is 0.464. The number of halogens is 1. The summed E-state index contributed by atoms with van der Waals surface area (Å²) in [7, 11) is 1.58. The van der Waals surface area contributed by atoms with Crippen LogP contribution in [0.15, 0.2) is 47.1 Å². The highest BCUT2D eigenvalue weighted by atomic mass is 79.9. The lowest BCUT2D eigenvalue weighted by atomic mass is 9.87. The summed E-state index contributed by atoms with van der Waals surface area (Å²) in [6.07, 6.45) is 1.67. The normalized spacial score (nSPS) is 19.7. The van der Waals surface area contributed by atoms with Gasteiger partial charge in [0.15, 0.2) is 5.60 Å². The van der Waals surface area contributed by atoms with Crippen molar-refractivity contribution in [3.05, 3.63) is 58.2 Å². The number of ether oxygens (including phenoxy) is 1. The maximum absolute atomic E-state index is 12.5. The molecule has 0 saturated carbocycles. The molecule has 1 unspecified atom stereocenters. The molecule has 6 heteroatoms. The molecule has 3 N–H and O–H groups in total. The molecule has 2 aromatic carbocycles. The summed E-state index contributed by atoms with van der Waals surface area (Å²) in [5.74, 6) is 0.198. The van der Waals surface area contributed by atoms with Crippen LogP contribution >= 0.6 is 15.9 Å². The number of fused-ring (bicyclic) bond motifs is 2. The Labute approximate surface area is 140 Å². The van der Waals surface area contributed by atoms with Gasteiger partial charge in [-0.3, -0.25) is 4.79 Å². The third kappa shape index (κ3) is 1.92. The highest BCUT2D eigenvalue weighted by Crippen LogP contribution is 2.44. The zero-order chi connectivity index (χ0) is 16.2. The fourth-order valence-electron chi connectivity index (χ4n) is 3.05. The molecule has 0 fully saturated rings. The lowest BCUT2D eigenvalue weighted by Gasteiger charge is -2.20. The van der Waals surface area contributed by atoms with Gasteiger partial charge in [0, 0.05) is 38.4 Å². The van der Waals surface area contributed by atoms with Crippen molar-refractivity contribution in [1.29, 1.82) is 0 Å². The van der Waals surface area contributed by atoms with E-state index in [0.717, 1.165) is 15.4 Å². The van der Waals surface area contributed by atoms with E-state index < -0.39 is 11.5 Å². The molecule has 0 radical (unpaired) electrons. The van der Waals surface area contributed by atoms with Gasteiger partial charge in [0.1, 0.15) is 5.75 Å². The van der Waals surface area contributed by atoms with E-state index in [4.69, 9.17) is 4.74 Å². The van der Waals surface area contributed by atoms with Crippen LogP contribution in [0.3, 0.4) is 0 Å². The second-order valence-electron chi connectivity index (χ2n) is 5.47. The minimum atomic E-state index is -1.75. The lowest BCUT2D eigenvalue weighted by Crippen LogP contribution is -2.35. The van der Waals surface area contributed by atoms with Crippen LogP contribution in [-0.2, 0) is 10.4 Å². The third-order valence-electron chi connectivity index (χ3n) is 4.23. The first-order valence-corrected chi connectivity index (χ1v) is 7.83. The molecule has 0 aliphatic carbocycles. The summed E-state index contributed by atoms with van der Waals surface area (Å²) in [4.78, 5) is 15.6. The predicted octanol–water partition coefficient (Wildman–Crippen LogP) is 3.13. The largest absolute Gasteiger partial charge is 0.497 e. The SMILES string of the molecule is COc1ccc2[nH]cc(C3(O)C(=O)Nc4ccc(Br)cc43)c2c1. The predicted molar refractivity (Wildman–Crippen MR) is 90.6 cm³/mol. The smallest absolute Gasteiger partial charge is 0.265 e. The molecule has 1 amide bonds. The fraction of sp³-hybridized carbons (Fsp3) is 0.118. The number of benzene rings is 2. The van der Waals surface area contributed by atoms with Crippen LogP contribution in [0.5, 0.6) is 5.75 Å². The number of hydrogen-bond acceptors (Lipinski definition) is 3. The molecule has 2 heterocycles. The molecular formula is C17H13BrN2O3. The van der Waals surface area contributed by atoms with Gasteiger partial charge in [-0.1, -0.05) is 15.9 Å². The van der Waals surface area contributed by atoms with Gasteiger partial charge >= 0.3 is 0 Å². The lowest BCUT2D eigenvalue weighted by molar-refractivity contribution is -0.129. The minimum Gasteiger partial charge on any atom is -0.497 e. The average molecular weight is 373 g/mol. The van der Waals surface area contributed by atoms with E-state index in [9.17, 15) is 9.90 Å². The van der Waals surface area contributed by atoms with Crippen molar-refractivity contribution < 1.29 is 14.6 Å². The van der Waals surface area contributed by atoms with Gasteiger partial charge in [0.05, 0.1) is 7.11 Å². The molecule has 1 atom stereocenters. The molecule has 1 aliphatic rings. The van der Waals surface area contributed by atoms with Crippen molar-refractivity contribution in [2.75, 3.05) is 12.4 Å². The van der Waals surface area contributed by atoms with E-state index in [0.29, 0.717) is 22.6 Å². The highest BCUT2D eigenvalue weighted by molar-refractivity contribution is 9.10. The number of anilines is 1. The summed E-state index contributed by atoms with van der Waals surface area (Å²) in [6.45, 7) is 0. The quantitative estimate of drug-likeness (QED) is 0.646. The van der Waals surface area contributed by atoms with Crippen LogP contribution in [0.2, 0.25) is 0 Å². The van der Waals surface area contributed by atoms with Crippen LogP contribution in [-0.4, -0.2) is 23.1 Å². The zero-order valence-corrected chi connectivity index (χ0v) is 13.8. The number of aliphatic hydroxyl groups is 1. The number of nitrogens with one attached hydrogen (secondary N) is 2. The maximum Gasteiger partial charge on any atom is 0.265 e. The Morgan fingerprint density at radius 1 is 1.17 bits per heavy atom. The summed E-state index contributed by atoms with van der Waals surface area (Å²) >= 11 is 3.39. The van der Waals surface area contributed by atoms with Gasteiger partial charge in [-0.05, 0) is 36.4 Å². The Balaban J connectivity index is 2.00. The monoisotopic (exact) mass is 372 g/mol. The average Bonchev–Trinajstić information content (AvgIpc) is 3.08. The summed E-state index contributed by atoms with van der Waals surface area (Å²) in [5, 5.41) is 14.8. The van der Waals surface area contributed by atoms with E-state index in [1.165, 1.54) is 0 Å². The molecule has 4 rings (SSSR count). The van der Waals surface area contributed by atoms with Crippen molar-refractivity contribution in [1.82, 2.24) is 4.98 Å². The Morgan fingerprint density at radius 3 is 2.78 bits per heavy atom. The molecule has 3 aromatic rings. The Kier molecular flexibility index (Phi) is 3.01. The maximum atomic E-state index is 12.5. The van der Waals surface area contributed by atoms with Crippen LogP contribution in [0.1, 0.15) is 11.1 Å². The van der Waals surface area contributed by atoms with E-state index in [1.807, 2.05) is 24.3 Å². The van der Waals surface area contributed by atoms with Gasteiger partial charge in [0.25, 0.3) is 5.91 Å². The van der Waals surface area contributed by atoms with E-state index in [1.54, 1.807) is 25.4 Å². The Hall–Kier alpha value is -2.31. The number of aromatic amines is 1.